The third kappa shape index (κ3) is 7.34. The fraction of sp³-hybridized carbons (Fsp3) is 0.714. The van der Waals surface area contributed by atoms with Crippen LogP contribution >= 0.6 is 15.9 Å². The first-order chi connectivity index (χ1) is 4.95. The third-order valence-electron chi connectivity index (χ3n) is 0.800. The monoisotopic (exact) mass is 219 g/mol. The lowest BCUT2D eigenvalue weighted by Crippen LogP contribution is -2.21. The van der Waals surface area contributed by atoms with Crippen molar-refractivity contribution in [3.05, 3.63) is 0 Å². The summed E-state index contributed by atoms with van der Waals surface area (Å²) in [5.41, 5.74) is 0. The first kappa shape index (κ1) is 10.4. The van der Waals surface area contributed by atoms with Crippen LogP contribution in [0.15, 0.2) is 0 Å². The van der Waals surface area contributed by atoms with E-state index in [1.807, 2.05) is 13.8 Å². The number of hydrogen-bond acceptors (Lipinski definition) is 3. The Morgan fingerprint density at radius 2 is 2.27 bits per heavy atom. The van der Waals surface area contributed by atoms with Crippen molar-refractivity contribution in [3.8, 4) is 6.07 Å². The molecule has 0 saturated heterocycles. The van der Waals surface area contributed by atoms with Crippen molar-refractivity contribution in [2.75, 3.05) is 6.61 Å². The van der Waals surface area contributed by atoms with E-state index in [2.05, 4.69) is 15.9 Å². The molecule has 0 aromatic carbocycles. The van der Waals surface area contributed by atoms with E-state index in [1.165, 1.54) is 0 Å². The molecule has 0 aliphatic rings. The topological polar surface area (TPSA) is 50.1 Å². The second kappa shape index (κ2) is 4.35. The minimum Gasteiger partial charge on any atom is -0.463 e. The molecule has 0 unspecified atom stereocenters. The molecule has 11 heavy (non-hydrogen) atoms. The number of rotatable bonds is 3. The predicted octanol–water partition coefficient (Wildman–Crippen LogP) is 1.62. The van der Waals surface area contributed by atoms with Gasteiger partial charge in [0.1, 0.15) is 13.0 Å². The molecule has 0 atom stereocenters. The summed E-state index contributed by atoms with van der Waals surface area (Å²) >= 11 is 3.30. The molecule has 62 valence electrons. The molecule has 0 aliphatic heterocycles. The fourth-order valence-corrected chi connectivity index (χ4v) is 0.482. The van der Waals surface area contributed by atoms with E-state index >= 15 is 0 Å². The Bertz CT molecular complexity index is 178. The van der Waals surface area contributed by atoms with Crippen LogP contribution in [0.25, 0.3) is 0 Å². The number of hydrogen-bond donors (Lipinski definition) is 0. The molecular formula is C7H10BrNO2. The molecule has 0 heterocycles. The molecule has 0 aromatic rings. The van der Waals surface area contributed by atoms with Crippen LogP contribution in [-0.4, -0.2) is 16.9 Å². The zero-order chi connectivity index (χ0) is 8.91. The van der Waals surface area contributed by atoms with E-state index in [0.717, 1.165) is 0 Å². The van der Waals surface area contributed by atoms with Crippen molar-refractivity contribution >= 4 is 21.9 Å². The van der Waals surface area contributed by atoms with Crippen LogP contribution in [0.5, 0.6) is 0 Å². The molecule has 0 N–H and O–H groups in total. The van der Waals surface area contributed by atoms with Crippen LogP contribution in [0.1, 0.15) is 20.3 Å². The zero-order valence-corrected chi connectivity index (χ0v) is 8.14. The summed E-state index contributed by atoms with van der Waals surface area (Å²) < 4.78 is 4.53. The maximum absolute atomic E-state index is 10.6. The van der Waals surface area contributed by atoms with Crippen molar-refractivity contribution in [2.45, 2.75) is 24.6 Å². The largest absolute Gasteiger partial charge is 0.463 e. The van der Waals surface area contributed by atoms with Gasteiger partial charge in [0.15, 0.2) is 0 Å². The Balaban J connectivity index is 3.57. The van der Waals surface area contributed by atoms with Crippen molar-refractivity contribution in [1.82, 2.24) is 0 Å². The number of nitriles is 1. The van der Waals surface area contributed by atoms with Gasteiger partial charge in [-0.25, -0.2) is 0 Å². The number of esters is 1. The lowest BCUT2D eigenvalue weighted by atomic mass is 10.2. The van der Waals surface area contributed by atoms with E-state index in [9.17, 15) is 4.79 Å². The van der Waals surface area contributed by atoms with E-state index in [0.29, 0.717) is 0 Å². The van der Waals surface area contributed by atoms with Crippen LogP contribution in [0, 0.1) is 11.3 Å². The highest BCUT2D eigenvalue weighted by molar-refractivity contribution is 9.10. The van der Waals surface area contributed by atoms with Gasteiger partial charge in [0.05, 0.1) is 10.4 Å². The average Bonchev–Trinajstić information content (AvgIpc) is 1.83. The van der Waals surface area contributed by atoms with Crippen LogP contribution in [0.2, 0.25) is 0 Å². The molecular weight excluding hydrogens is 210 g/mol. The highest BCUT2D eigenvalue weighted by atomic mass is 79.9. The van der Waals surface area contributed by atoms with Crippen LogP contribution in [0.4, 0.5) is 0 Å². The van der Waals surface area contributed by atoms with Crippen molar-refractivity contribution in [3.63, 3.8) is 0 Å². The first-order valence-corrected chi connectivity index (χ1v) is 3.96. The summed E-state index contributed by atoms with van der Waals surface area (Å²) in [4.78, 5) is 10.6. The van der Waals surface area contributed by atoms with Gasteiger partial charge in [-0.15, -0.1) is 0 Å². The molecule has 0 aromatic heterocycles. The van der Waals surface area contributed by atoms with E-state index in [4.69, 9.17) is 10.00 Å². The van der Waals surface area contributed by atoms with Gasteiger partial charge in [-0.2, -0.15) is 5.26 Å². The summed E-state index contributed by atoms with van der Waals surface area (Å²) in [6, 6.07) is 1.71. The molecule has 0 saturated carbocycles. The third-order valence-corrected chi connectivity index (χ3v) is 1.03. The molecule has 3 nitrogen and oxygen atoms in total. The van der Waals surface area contributed by atoms with Gasteiger partial charge in [0.25, 0.3) is 0 Å². The van der Waals surface area contributed by atoms with E-state index < -0.39 is 5.97 Å². The lowest BCUT2D eigenvalue weighted by molar-refractivity contribution is -0.142. The van der Waals surface area contributed by atoms with Crippen LogP contribution in [0.3, 0.4) is 0 Å². The smallest absolute Gasteiger partial charge is 0.320 e. The Labute approximate surface area is 74.5 Å². The maximum Gasteiger partial charge on any atom is 0.320 e. The Morgan fingerprint density at radius 1 is 1.73 bits per heavy atom. The summed E-state index contributed by atoms with van der Waals surface area (Å²) in [6.07, 6.45) is -0.178. The second-order valence-electron chi connectivity index (χ2n) is 2.71. The fourth-order valence-electron chi connectivity index (χ4n) is 0.368. The summed E-state index contributed by atoms with van der Waals surface area (Å²) in [6.45, 7) is 4.05. The van der Waals surface area contributed by atoms with Crippen molar-refractivity contribution < 1.29 is 9.53 Å². The SMILES string of the molecule is CC(C)(Br)COC(=O)CC#N. The van der Waals surface area contributed by atoms with Gasteiger partial charge in [-0.1, -0.05) is 15.9 Å². The van der Waals surface area contributed by atoms with Gasteiger partial charge >= 0.3 is 5.97 Å². The molecule has 0 radical (unpaired) electrons. The molecule has 0 fully saturated rings. The molecule has 0 aliphatic carbocycles. The predicted molar refractivity (Wildman–Crippen MR) is 44.2 cm³/mol. The Kier molecular flexibility index (Phi) is 4.12. The van der Waals surface area contributed by atoms with Crippen LogP contribution < -0.4 is 0 Å². The number of nitrogens with zero attached hydrogens (tertiary/aromatic N) is 1. The number of carbonyl (C=O) groups excluding carboxylic acids is 1. The summed E-state index contributed by atoms with van der Waals surface area (Å²) in [5, 5.41) is 8.10. The van der Waals surface area contributed by atoms with Gasteiger partial charge in [0.2, 0.25) is 0 Å². The van der Waals surface area contributed by atoms with Crippen molar-refractivity contribution in [2.24, 2.45) is 0 Å². The average molecular weight is 220 g/mol. The lowest BCUT2D eigenvalue weighted by Gasteiger charge is -2.14. The van der Waals surface area contributed by atoms with E-state index in [-0.39, 0.29) is 17.4 Å². The molecule has 0 spiro atoms. The quantitative estimate of drug-likeness (QED) is 0.536. The van der Waals surface area contributed by atoms with E-state index in [1.54, 1.807) is 6.07 Å². The molecule has 0 rings (SSSR count). The normalized spacial score (nSPS) is 10.4. The van der Waals surface area contributed by atoms with Gasteiger partial charge < -0.3 is 4.74 Å². The minimum atomic E-state index is -0.472. The molecule has 0 bridgehead atoms. The Hall–Kier alpha value is -0.560. The van der Waals surface area contributed by atoms with Gasteiger partial charge in [-0.3, -0.25) is 4.79 Å². The zero-order valence-electron chi connectivity index (χ0n) is 6.56. The highest BCUT2D eigenvalue weighted by Gasteiger charge is 2.15. The standard InChI is InChI=1S/C7H10BrNO2/c1-7(2,8)5-11-6(10)3-4-9/h3,5H2,1-2H3. The molecule has 0 amide bonds. The van der Waals surface area contributed by atoms with Gasteiger partial charge in [0, 0.05) is 0 Å². The van der Waals surface area contributed by atoms with Crippen molar-refractivity contribution in [1.29, 1.82) is 5.26 Å². The minimum absolute atomic E-state index is 0.178. The maximum atomic E-state index is 10.6. The number of carbonyl (C=O) groups is 1. The van der Waals surface area contributed by atoms with Gasteiger partial charge in [-0.05, 0) is 13.8 Å². The second-order valence-corrected chi connectivity index (χ2v) is 4.86. The number of halogens is 1. The number of ether oxygens (including phenoxy) is 1. The highest BCUT2D eigenvalue weighted by Crippen LogP contribution is 2.15. The summed E-state index contributed by atoms with van der Waals surface area (Å²) in [7, 11) is 0. The van der Waals surface area contributed by atoms with Crippen LogP contribution in [-0.2, 0) is 9.53 Å². The Morgan fingerprint density at radius 3 is 2.64 bits per heavy atom. The molecule has 4 heteroatoms. The first-order valence-electron chi connectivity index (χ1n) is 3.17. The number of alkyl halides is 1. The summed E-state index contributed by atoms with van der Waals surface area (Å²) in [5.74, 6) is -0.472.